The van der Waals surface area contributed by atoms with E-state index < -0.39 is 0 Å². The molecule has 3 heterocycles. The SMILES string of the molecule is O=C(NC[C@@H]1CCCO1)c1ccc(CN2C(=O)CCn3nc(-c4ccc(Cl)cc4)cc32)cc1. The Balaban J connectivity index is 1.28. The van der Waals surface area contributed by atoms with Crippen molar-refractivity contribution in [2.75, 3.05) is 18.1 Å². The van der Waals surface area contributed by atoms with Crippen molar-refractivity contribution in [1.82, 2.24) is 15.1 Å². The molecular formula is C25H25ClN4O3. The smallest absolute Gasteiger partial charge is 0.251 e. The summed E-state index contributed by atoms with van der Waals surface area (Å²) in [6, 6.07) is 16.8. The molecule has 1 aromatic heterocycles. The minimum atomic E-state index is -0.114. The van der Waals surface area contributed by atoms with Gasteiger partial charge in [-0.15, -0.1) is 0 Å². The zero-order chi connectivity index (χ0) is 22.8. The van der Waals surface area contributed by atoms with Gasteiger partial charge in [-0.05, 0) is 42.7 Å². The number of rotatable bonds is 6. The van der Waals surface area contributed by atoms with E-state index in [2.05, 4.69) is 10.4 Å². The Bertz CT molecular complexity index is 1150. The molecule has 0 unspecified atom stereocenters. The molecule has 8 heteroatoms. The van der Waals surface area contributed by atoms with E-state index in [1.165, 1.54) is 0 Å². The lowest BCUT2D eigenvalue weighted by molar-refractivity contribution is -0.119. The van der Waals surface area contributed by atoms with Crippen molar-refractivity contribution in [3.8, 4) is 11.3 Å². The standard InChI is InChI=1S/C25H25ClN4O3/c26-20-9-7-18(8-10-20)22-14-23-29(24(31)11-12-30(23)28-22)16-17-3-5-19(6-4-17)25(32)27-15-21-2-1-13-33-21/h3-10,14,21H,1-2,11-13,15-16H2,(H,27,32)/t21-/m0/s1. The van der Waals surface area contributed by atoms with Gasteiger partial charge in [-0.25, -0.2) is 4.68 Å². The average Bonchev–Trinajstić information content (AvgIpc) is 3.50. The van der Waals surface area contributed by atoms with Crippen LogP contribution in [-0.4, -0.2) is 40.9 Å². The second kappa shape index (κ2) is 9.37. The van der Waals surface area contributed by atoms with Crippen LogP contribution < -0.4 is 10.2 Å². The summed E-state index contributed by atoms with van der Waals surface area (Å²) in [4.78, 5) is 26.9. The van der Waals surface area contributed by atoms with Gasteiger partial charge >= 0.3 is 0 Å². The predicted molar refractivity (Wildman–Crippen MR) is 126 cm³/mol. The van der Waals surface area contributed by atoms with Gasteiger partial charge in [0.05, 0.1) is 24.9 Å². The highest BCUT2D eigenvalue weighted by Gasteiger charge is 2.26. The number of fused-ring (bicyclic) bond motifs is 1. The molecule has 0 saturated carbocycles. The molecule has 5 rings (SSSR count). The monoisotopic (exact) mass is 464 g/mol. The van der Waals surface area contributed by atoms with Gasteiger partial charge in [0.15, 0.2) is 0 Å². The molecule has 3 aromatic rings. The van der Waals surface area contributed by atoms with E-state index in [4.69, 9.17) is 16.3 Å². The number of aromatic nitrogens is 2. The summed E-state index contributed by atoms with van der Waals surface area (Å²) in [5, 5.41) is 8.29. The van der Waals surface area contributed by atoms with Crippen LogP contribution in [0.3, 0.4) is 0 Å². The molecule has 0 radical (unpaired) electrons. The van der Waals surface area contributed by atoms with Gasteiger partial charge in [0.25, 0.3) is 5.91 Å². The van der Waals surface area contributed by atoms with E-state index in [1.54, 1.807) is 17.0 Å². The number of benzene rings is 2. The van der Waals surface area contributed by atoms with E-state index >= 15 is 0 Å². The maximum atomic E-state index is 12.7. The normalized spacial score (nSPS) is 17.8. The molecule has 7 nitrogen and oxygen atoms in total. The maximum Gasteiger partial charge on any atom is 0.251 e. The molecule has 2 aliphatic rings. The number of aryl methyl sites for hydroxylation is 1. The zero-order valence-corrected chi connectivity index (χ0v) is 18.9. The van der Waals surface area contributed by atoms with Crippen LogP contribution in [0.25, 0.3) is 11.3 Å². The van der Waals surface area contributed by atoms with Gasteiger partial charge in [0, 0.05) is 41.8 Å². The molecule has 1 atom stereocenters. The summed E-state index contributed by atoms with van der Waals surface area (Å²) in [5.74, 6) is 0.717. The summed E-state index contributed by atoms with van der Waals surface area (Å²) in [5.41, 5.74) is 3.30. The second-order valence-corrected chi connectivity index (χ2v) is 8.83. The molecular weight excluding hydrogens is 440 g/mol. The molecule has 0 bridgehead atoms. The third-order valence-electron chi connectivity index (χ3n) is 6.08. The Morgan fingerprint density at radius 3 is 2.67 bits per heavy atom. The van der Waals surface area contributed by atoms with Crippen molar-refractivity contribution in [1.29, 1.82) is 0 Å². The van der Waals surface area contributed by atoms with Crippen molar-refractivity contribution in [3.63, 3.8) is 0 Å². The molecule has 2 aliphatic heterocycles. The number of hydrogen-bond donors (Lipinski definition) is 1. The minimum absolute atomic E-state index is 0.0587. The number of amides is 2. The first-order valence-corrected chi connectivity index (χ1v) is 11.6. The molecule has 0 spiro atoms. The van der Waals surface area contributed by atoms with E-state index in [0.717, 1.165) is 42.1 Å². The third-order valence-corrected chi connectivity index (χ3v) is 6.34. The van der Waals surface area contributed by atoms with Gasteiger partial charge in [0.1, 0.15) is 5.82 Å². The van der Waals surface area contributed by atoms with Crippen LogP contribution in [0.4, 0.5) is 5.82 Å². The van der Waals surface area contributed by atoms with Gasteiger partial charge in [-0.1, -0.05) is 35.9 Å². The molecule has 2 amide bonds. The zero-order valence-electron chi connectivity index (χ0n) is 18.2. The number of nitrogens with one attached hydrogen (secondary N) is 1. The lowest BCUT2D eigenvalue weighted by Gasteiger charge is -2.27. The molecule has 1 N–H and O–H groups in total. The van der Waals surface area contributed by atoms with E-state index in [0.29, 0.717) is 36.6 Å². The number of nitrogens with zero attached hydrogens (tertiary/aromatic N) is 3. The largest absolute Gasteiger partial charge is 0.376 e. The molecule has 33 heavy (non-hydrogen) atoms. The van der Waals surface area contributed by atoms with Gasteiger partial charge in [-0.2, -0.15) is 5.10 Å². The van der Waals surface area contributed by atoms with Crippen LogP contribution in [0.5, 0.6) is 0 Å². The maximum absolute atomic E-state index is 12.7. The Kier molecular flexibility index (Phi) is 6.15. The summed E-state index contributed by atoms with van der Waals surface area (Å²) in [6.45, 7) is 2.28. The first-order valence-electron chi connectivity index (χ1n) is 11.2. The van der Waals surface area contributed by atoms with Crippen LogP contribution in [-0.2, 0) is 22.6 Å². The lowest BCUT2D eigenvalue weighted by Crippen LogP contribution is -2.37. The second-order valence-electron chi connectivity index (χ2n) is 8.39. The van der Waals surface area contributed by atoms with E-state index in [-0.39, 0.29) is 17.9 Å². The molecule has 1 saturated heterocycles. The first-order chi connectivity index (χ1) is 16.1. The topological polar surface area (TPSA) is 76.5 Å². The van der Waals surface area contributed by atoms with Crippen LogP contribution in [0.15, 0.2) is 54.6 Å². The first kappa shape index (κ1) is 21.7. The van der Waals surface area contributed by atoms with Crippen LogP contribution in [0.2, 0.25) is 5.02 Å². The molecule has 1 fully saturated rings. The van der Waals surface area contributed by atoms with Crippen LogP contribution >= 0.6 is 11.6 Å². The fraction of sp³-hybridized carbons (Fsp3) is 0.320. The molecule has 170 valence electrons. The number of carbonyl (C=O) groups is 2. The van der Waals surface area contributed by atoms with Crippen LogP contribution in [0, 0.1) is 0 Å². The van der Waals surface area contributed by atoms with Crippen LogP contribution in [0.1, 0.15) is 35.2 Å². The fourth-order valence-electron chi connectivity index (χ4n) is 4.24. The van der Waals surface area contributed by atoms with E-state index in [9.17, 15) is 9.59 Å². The molecule has 0 aliphatic carbocycles. The Morgan fingerprint density at radius 1 is 1.15 bits per heavy atom. The third kappa shape index (κ3) is 4.79. The van der Waals surface area contributed by atoms with Gasteiger partial charge < -0.3 is 10.1 Å². The van der Waals surface area contributed by atoms with Crippen molar-refractivity contribution in [3.05, 3.63) is 70.7 Å². The summed E-state index contributed by atoms with van der Waals surface area (Å²) in [6.07, 6.45) is 2.54. The lowest BCUT2D eigenvalue weighted by atomic mass is 10.1. The molecule has 2 aromatic carbocycles. The van der Waals surface area contributed by atoms with Crippen molar-refractivity contribution in [2.45, 2.75) is 38.5 Å². The Hall–Kier alpha value is -3.16. The number of halogens is 1. The summed E-state index contributed by atoms with van der Waals surface area (Å²) in [7, 11) is 0. The number of hydrogen-bond acceptors (Lipinski definition) is 4. The van der Waals surface area contributed by atoms with Gasteiger partial charge in [-0.3, -0.25) is 14.5 Å². The Morgan fingerprint density at radius 2 is 1.94 bits per heavy atom. The van der Waals surface area contributed by atoms with E-state index in [1.807, 2.05) is 47.1 Å². The van der Waals surface area contributed by atoms with Gasteiger partial charge in [0.2, 0.25) is 5.91 Å². The number of anilines is 1. The van der Waals surface area contributed by atoms with Crippen molar-refractivity contribution in [2.24, 2.45) is 0 Å². The summed E-state index contributed by atoms with van der Waals surface area (Å²) < 4.78 is 7.42. The van der Waals surface area contributed by atoms with Crippen molar-refractivity contribution < 1.29 is 14.3 Å². The summed E-state index contributed by atoms with van der Waals surface area (Å²) >= 11 is 6.00. The van der Waals surface area contributed by atoms with Crippen molar-refractivity contribution >= 4 is 29.2 Å². The number of carbonyl (C=O) groups excluding carboxylic acids is 2. The quantitative estimate of drug-likeness (QED) is 0.597. The highest BCUT2D eigenvalue weighted by atomic mass is 35.5. The highest BCUT2D eigenvalue weighted by molar-refractivity contribution is 6.30. The average molecular weight is 465 g/mol. The minimum Gasteiger partial charge on any atom is -0.376 e. The Labute approximate surface area is 197 Å². The fourth-order valence-corrected chi connectivity index (χ4v) is 4.37. The number of ether oxygens (including phenoxy) is 1. The highest BCUT2D eigenvalue weighted by Crippen LogP contribution is 2.30. The predicted octanol–water partition coefficient (Wildman–Crippen LogP) is 4.05.